The molecule has 6 aromatic rings. The van der Waals surface area contributed by atoms with Gasteiger partial charge in [0.2, 0.25) is 5.91 Å². The van der Waals surface area contributed by atoms with Gasteiger partial charge in [-0.3, -0.25) is 14.9 Å². The first-order chi connectivity index (χ1) is 18.1. The molecule has 0 atom stereocenters. The van der Waals surface area contributed by atoms with Crippen LogP contribution in [0.3, 0.4) is 0 Å². The van der Waals surface area contributed by atoms with Crippen molar-refractivity contribution in [1.82, 2.24) is 35.1 Å². The maximum Gasteiger partial charge on any atom is 0.224 e. The number of pyridine rings is 3. The number of benzene rings is 1. The molecule has 5 aromatic heterocycles. The lowest BCUT2D eigenvalue weighted by atomic mass is 10.1. The average Bonchev–Trinajstić information content (AvgIpc) is 3.53. The van der Waals surface area contributed by atoms with Gasteiger partial charge in [0.25, 0.3) is 0 Å². The van der Waals surface area contributed by atoms with Crippen molar-refractivity contribution in [1.29, 1.82) is 0 Å². The summed E-state index contributed by atoms with van der Waals surface area (Å²) in [6.45, 7) is 1.95. The number of H-pyrrole nitrogens is 2. The predicted molar refractivity (Wildman–Crippen MR) is 139 cm³/mol. The van der Waals surface area contributed by atoms with Gasteiger partial charge in [0.1, 0.15) is 11.5 Å². The molecule has 0 aliphatic rings. The Bertz CT molecular complexity index is 1770. The molecule has 0 saturated heterocycles. The van der Waals surface area contributed by atoms with E-state index in [1.807, 2.05) is 19.1 Å². The Morgan fingerprint density at radius 3 is 2.73 bits per heavy atom. The number of aromatic nitrogens is 7. The lowest BCUT2D eigenvalue weighted by molar-refractivity contribution is -0.116. The Kier molecular flexibility index (Phi) is 5.61. The number of imidazole rings is 1. The lowest BCUT2D eigenvalue weighted by Crippen LogP contribution is -2.10. The van der Waals surface area contributed by atoms with Crippen molar-refractivity contribution in [2.24, 2.45) is 0 Å². The number of nitrogens with zero attached hydrogens (tertiary/aromatic N) is 5. The minimum Gasteiger partial charge on any atom is -0.335 e. The molecular formula is C27H21FN8O. The normalized spacial score (nSPS) is 11.3. The van der Waals surface area contributed by atoms with E-state index in [0.29, 0.717) is 51.6 Å². The minimum atomic E-state index is -0.325. The molecule has 10 heteroatoms. The minimum absolute atomic E-state index is 0.0552. The highest BCUT2D eigenvalue weighted by Gasteiger charge is 2.17. The maximum atomic E-state index is 14.5. The van der Waals surface area contributed by atoms with Gasteiger partial charge < -0.3 is 10.3 Å². The van der Waals surface area contributed by atoms with Crippen molar-refractivity contribution in [3.8, 4) is 33.8 Å². The zero-order chi connectivity index (χ0) is 25.4. The molecule has 37 heavy (non-hydrogen) atoms. The Balaban J connectivity index is 1.41. The number of hydrogen-bond acceptors (Lipinski definition) is 6. The summed E-state index contributed by atoms with van der Waals surface area (Å²) in [5.74, 6) is 0.126. The Hall–Kier alpha value is -4.99. The molecule has 5 heterocycles. The number of carbonyl (C=O) groups excluding carboxylic acids is 1. The van der Waals surface area contributed by atoms with Gasteiger partial charge in [0.15, 0.2) is 17.1 Å². The number of hydrogen-bond donors (Lipinski definition) is 3. The molecular weight excluding hydrogens is 471 g/mol. The third-order valence-corrected chi connectivity index (χ3v) is 6.03. The number of carbonyl (C=O) groups is 1. The van der Waals surface area contributed by atoms with E-state index in [-0.39, 0.29) is 11.7 Å². The SMILES string of the molecule is CCCC(=O)Nc1cncc(-c2cnc3n[nH]c(-c4nc5nccc(-c6ccccc6F)c5[nH]4)c3c2)c1. The molecule has 182 valence electrons. The van der Waals surface area contributed by atoms with E-state index in [1.54, 1.807) is 49.1 Å². The number of rotatable bonds is 6. The molecule has 1 aromatic carbocycles. The number of fused-ring (bicyclic) bond motifs is 2. The number of aromatic amines is 2. The topological polar surface area (TPSA) is 125 Å². The Morgan fingerprint density at radius 2 is 1.86 bits per heavy atom. The average molecular weight is 493 g/mol. The molecule has 0 unspecified atom stereocenters. The summed E-state index contributed by atoms with van der Waals surface area (Å²) in [6.07, 6.45) is 7.85. The highest BCUT2D eigenvalue weighted by molar-refractivity contribution is 5.96. The van der Waals surface area contributed by atoms with Crippen molar-refractivity contribution >= 4 is 33.8 Å². The van der Waals surface area contributed by atoms with Gasteiger partial charge in [-0.15, -0.1) is 0 Å². The van der Waals surface area contributed by atoms with Gasteiger partial charge in [-0.25, -0.2) is 19.3 Å². The van der Waals surface area contributed by atoms with Crippen molar-refractivity contribution in [3.63, 3.8) is 0 Å². The second-order valence-corrected chi connectivity index (χ2v) is 8.58. The summed E-state index contributed by atoms with van der Waals surface area (Å²) in [6, 6.07) is 12.1. The van der Waals surface area contributed by atoms with Gasteiger partial charge in [0, 0.05) is 47.3 Å². The largest absolute Gasteiger partial charge is 0.335 e. The summed E-state index contributed by atoms with van der Waals surface area (Å²) < 4.78 is 14.5. The second-order valence-electron chi connectivity index (χ2n) is 8.58. The number of halogens is 1. The van der Waals surface area contributed by atoms with Crippen molar-refractivity contribution < 1.29 is 9.18 Å². The van der Waals surface area contributed by atoms with E-state index in [9.17, 15) is 9.18 Å². The fraction of sp³-hybridized carbons (Fsp3) is 0.111. The summed E-state index contributed by atoms with van der Waals surface area (Å²) in [5, 5.41) is 10.9. The van der Waals surface area contributed by atoms with Gasteiger partial charge >= 0.3 is 0 Å². The van der Waals surface area contributed by atoms with Gasteiger partial charge in [-0.05, 0) is 30.7 Å². The number of amides is 1. The molecule has 0 radical (unpaired) electrons. The molecule has 1 amide bonds. The van der Waals surface area contributed by atoms with Gasteiger partial charge in [0.05, 0.1) is 22.8 Å². The lowest BCUT2D eigenvalue weighted by Gasteiger charge is -2.07. The summed E-state index contributed by atoms with van der Waals surface area (Å²) in [7, 11) is 0. The van der Waals surface area contributed by atoms with E-state index in [2.05, 4.69) is 40.4 Å². The van der Waals surface area contributed by atoms with E-state index in [0.717, 1.165) is 22.9 Å². The van der Waals surface area contributed by atoms with Crippen LogP contribution < -0.4 is 5.32 Å². The third-order valence-electron chi connectivity index (χ3n) is 6.03. The molecule has 6 rings (SSSR count). The standard InChI is InChI=1S/C27H21FN8O/c1-2-5-22(37)32-17-10-15(12-29-14-17)16-11-20-24(35-36-25(20)31-13-16)27-33-23-19(8-9-30-26(23)34-27)18-6-3-4-7-21(18)28/h3-4,6-14H,2,5H2,1H3,(H,32,37)(H,30,33,34)(H,31,35,36). The van der Waals surface area contributed by atoms with E-state index in [4.69, 9.17) is 0 Å². The number of nitrogens with one attached hydrogen (secondary N) is 3. The first-order valence-electron chi connectivity index (χ1n) is 11.8. The fourth-order valence-electron chi connectivity index (χ4n) is 4.29. The molecule has 3 N–H and O–H groups in total. The molecule has 0 aliphatic heterocycles. The smallest absolute Gasteiger partial charge is 0.224 e. The quantitative estimate of drug-likeness (QED) is 0.282. The maximum absolute atomic E-state index is 14.5. The summed E-state index contributed by atoms with van der Waals surface area (Å²) >= 11 is 0. The van der Waals surface area contributed by atoms with Crippen LogP contribution in [0.4, 0.5) is 10.1 Å². The van der Waals surface area contributed by atoms with Crippen LogP contribution in [-0.4, -0.2) is 41.0 Å². The van der Waals surface area contributed by atoms with Crippen LogP contribution >= 0.6 is 0 Å². The van der Waals surface area contributed by atoms with Gasteiger partial charge in [-0.1, -0.05) is 25.1 Å². The predicted octanol–water partition coefficient (Wildman–Crippen LogP) is 5.50. The Morgan fingerprint density at radius 1 is 1.00 bits per heavy atom. The van der Waals surface area contributed by atoms with Crippen LogP contribution in [0.2, 0.25) is 0 Å². The summed E-state index contributed by atoms with van der Waals surface area (Å²) in [5.41, 5.74) is 5.56. The van der Waals surface area contributed by atoms with Crippen LogP contribution in [0.25, 0.3) is 56.0 Å². The van der Waals surface area contributed by atoms with Crippen molar-refractivity contribution in [3.05, 3.63) is 73.1 Å². The third kappa shape index (κ3) is 4.18. The zero-order valence-corrected chi connectivity index (χ0v) is 19.8. The fourth-order valence-corrected chi connectivity index (χ4v) is 4.29. The zero-order valence-electron chi connectivity index (χ0n) is 19.8. The first kappa shape index (κ1) is 22.5. The monoisotopic (exact) mass is 492 g/mol. The van der Waals surface area contributed by atoms with Crippen LogP contribution in [0.5, 0.6) is 0 Å². The second kappa shape index (κ2) is 9.23. The van der Waals surface area contributed by atoms with E-state index >= 15 is 0 Å². The molecule has 0 bridgehead atoms. The van der Waals surface area contributed by atoms with Crippen molar-refractivity contribution in [2.75, 3.05) is 5.32 Å². The molecule has 0 saturated carbocycles. The van der Waals surface area contributed by atoms with Crippen LogP contribution in [0.15, 0.2) is 67.3 Å². The van der Waals surface area contributed by atoms with Crippen molar-refractivity contribution in [2.45, 2.75) is 19.8 Å². The first-order valence-corrected chi connectivity index (χ1v) is 11.8. The molecule has 0 spiro atoms. The Labute approximate surface area is 210 Å². The highest BCUT2D eigenvalue weighted by atomic mass is 19.1. The highest BCUT2D eigenvalue weighted by Crippen LogP contribution is 2.32. The van der Waals surface area contributed by atoms with Crippen LogP contribution in [0.1, 0.15) is 19.8 Å². The van der Waals surface area contributed by atoms with Gasteiger partial charge in [-0.2, -0.15) is 5.10 Å². The molecule has 0 aliphatic carbocycles. The molecule has 0 fully saturated rings. The molecule has 9 nitrogen and oxygen atoms in total. The van der Waals surface area contributed by atoms with Crippen LogP contribution in [0, 0.1) is 5.82 Å². The number of anilines is 1. The van der Waals surface area contributed by atoms with E-state index < -0.39 is 0 Å². The summed E-state index contributed by atoms with van der Waals surface area (Å²) in [4.78, 5) is 33.1. The van der Waals surface area contributed by atoms with Crippen LogP contribution in [-0.2, 0) is 4.79 Å². The van der Waals surface area contributed by atoms with E-state index in [1.165, 1.54) is 6.07 Å².